The van der Waals surface area contributed by atoms with Crippen molar-refractivity contribution in [3.8, 4) is 5.75 Å². The van der Waals surface area contributed by atoms with Crippen molar-refractivity contribution in [1.82, 2.24) is 0 Å². The van der Waals surface area contributed by atoms with E-state index in [1.807, 2.05) is 19.1 Å². The van der Waals surface area contributed by atoms with E-state index < -0.39 is 4.92 Å². The van der Waals surface area contributed by atoms with Crippen LogP contribution in [0.5, 0.6) is 5.75 Å². The van der Waals surface area contributed by atoms with Gasteiger partial charge < -0.3 is 14.8 Å². The van der Waals surface area contributed by atoms with Crippen molar-refractivity contribution in [3.05, 3.63) is 67.7 Å². The van der Waals surface area contributed by atoms with Gasteiger partial charge in [0.25, 0.3) is 5.69 Å². The minimum absolute atomic E-state index is 0.0655. The molecule has 1 aliphatic heterocycles. The normalized spacial score (nSPS) is 13.2. The molecule has 0 fully saturated rings. The van der Waals surface area contributed by atoms with Crippen LogP contribution in [0.1, 0.15) is 16.7 Å². The lowest BCUT2D eigenvalue weighted by Crippen LogP contribution is -2.13. The molecule has 2 aromatic rings. The van der Waals surface area contributed by atoms with Gasteiger partial charge in [-0.2, -0.15) is 0 Å². The van der Waals surface area contributed by atoms with Gasteiger partial charge in [0.05, 0.1) is 11.5 Å². The number of hydrogen-bond donors (Lipinski definition) is 1. The number of carbonyl (C=O) groups is 1. The van der Waals surface area contributed by atoms with Crippen LogP contribution < -0.4 is 10.1 Å². The zero-order valence-electron chi connectivity index (χ0n) is 13.8. The van der Waals surface area contributed by atoms with E-state index in [-0.39, 0.29) is 25.0 Å². The van der Waals surface area contributed by atoms with Crippen LogP contribution in [0.2, 0.25) is 0 Å². The number of anilines is 1. The summed E-state index contributed by atoms with van der Waals surface area (Å²) < 4.78 is 11.5. The number of non-ortho nitro benzene ring substituents is 1. The first-order valence-electron chi connectivity index (χ1n) is 7.71. The predicted octanol–water partition coefficient (Wildman–Crippen LogP) is 4.18. The Bertz CT molecular complexity index is 911. The molecule has 26 heavy (non-hydrogen) atoms. The van der Waals surface area contributed by atoms with Gasteiger partial charge in [-0.15, -0.1) is 0 Å². The van der Waals surface area contributed by atoms with Gasteiger partial charge in [0, 0.05) is 39.5 Å². The Kier molecular flexibility index (Phi) is 5.34. The Hall–Kier alpha value is -2.71. The highest BCUT2D eigenvalue weighted by Crippen LogP contribution is 2.33. The van der Waals surface area contributed by atoms with Gasteiger partial charge in [0.2, 0.25) is 5.91 Å². The lowest BCUT2D eigenvalue weighted by Gasteiger charge is -2.19. The van der Waals surface area contributed by atoms with Gasteiger partial charge >= 0.3 is 0 Å². The second kappa shape index (κ2) is 7.67. The van der Waals surface area contributed by atoms with E-state index in [1.165, 1.54) is 24.3 Å². The smallest absolute Gasteiger partial charge is 0.270 e. The maximum atomic E-state index is 12.2. The molecule has 1 aliphatic rings. The molecule has 0 bridgehead atoms. The Morgan fingerprint density at radius 1 is 1.35 bits per heavy atom. The number of hydrogen-bond acceptors (Lipinski definition) is 5. The third kappa shape index (κ3) is 4.09. The summed E-state index contributed by atoms with van der Waals surface area (Å²) in [7, 11) is 0. The van der Waals surface area contributed by atoms with Gasteiger partial charge in [-0.05, 0) is 36.8 Å². The molecule has 7 nitrogen and oxygen atoms in total. The van der Waals surface area contributed by atoms with E-state index >= 15 is 0 Å². The fourth-order valence-electron chi connectivity index (χ4n) is 2.53. The summed E-state index contributed by atoms with van der Waals surface area (Å²) in [6.07, 6.45) is 2.81. The van der Waals surface area contributed by atoms with Crippen LogP contribution >= 0.6 is 15.9 Å². The summed E-state index contributed by atoms with van der Waals surface area (Å²) in [4.78, 5) is 22.8. The highest BCUT2D eigenvalue weighted by atomic mass is 79.9. The number of nitro groups is 1. The molecular weight excluding hydrogens is 404 g/mol. The molecule has 0 saturated heterocycles. The molecule has 1 heterocycles. The molecule has 0 aromatic heterocycles. The molecule has 1 N–H and O–H groups in total. The largest absolute Gasteiger partial charge is 0.467 e. The van der Waals surface area contributed by atoms with E-state index in [0.717, 1.165) is 10.0 Å². The van der Waals surface area contributed by atoms with Gasteiger partial charge in [0.15, 0.2) is 6.79 Å². The van der Waals surface area contributed by atoms with E-state index in [9.17, 15) is 14.9 Å². The van der Waals surface area contributed by atoms with Crippen molar-refractivity contribution in [3.63, 3.8) is 0 Å². The van der Waals surface area contributed by atoms with Crippen molar-refractivity contribution in [1.29, 1.82) is 0 Å². The molecule has 0 spiro atoms. The molecule has 134 valence electrons. The number of carbonyl (C=O) groups excluding carboxylic acids is 1. The second-order valence-electron chi connectivity index (χ2n) is 5.68. The molecule has 0 atom stereocenters. The van der Waals surface area contributed by atoms with Crippen LogP contribution in [0.3, 0.4) is 0 Å². The predicted molar refractivity (Wildman–Crippen MR) is 99.9 cm³/mol. The standard InChI is InChI=1S/C18H15BrN2O5/c1-11-6-14(3-4-16(11)19)20-17(22)5-2-12-7-15(21(23)24)8-13-9-25-10-26-18(12)13/h2-8H,9-10H2,1H3,(H,20,22)/b5-2+. The molecule has 0 aliphatic carbocycles. The zero-order chi connectivity index (χ0) is 18.7. The van der Waals surface area contributed by atoms with Gasteiger partial charge in [0.1, 0.15) is 5.75 Å². The first-order valence-corrected chi connectivity index (χ1v) is 8.50. The molecule has 2 aromatic carbocycles. The minimum atomic E-state index is -0.489. The summed E-state index contributed by atoms with van der Waals surface area (Å²) in [5, 5.41) is 13.8. The number of amides is 1. The van der Waals surface area contributed by atoms with Crippen LogP contribution in [0.25, 0.3) is 6.08 Å². The maximum absolute atomic E-state index is 12.2. The van der Waals surface area contributed by atoms with Gasteiger partial charge in [-0.3, -0.25) is 14.9 Å². The Labute approximate surface area is 157 Å². The van der Waals surface area contributed by atoms with Gasteiger partial charge in [-0.1, -0.05) is 15.9 Å². The first kappa shape index (κ1) is 18.1. The second-order valence-corrected chi connectivity index (χ2v) is 6.53. The monoisotopic (exact) mass is 418 g/mol. The zero-order valence-corrected chi connectivity index (χ0v) is 15.4. The summed E-state index contributed by atoms with van der Waals surface area (Å²) in [5.41, 5.74) is 2.61. The van der Waals surface area contributed by atoms with E-state index in [0.29, 0.717) is 22.6 Å². The number of ether oxygens (including phenoxy) is 2. The highest BCUT2D eigenvalue weighted by molar-refractivity contribution is 9.10. The SMILES string of the molecule is Cc1cc(NC(=O)/C=C/c2cc([N+](=O)[O-])cc3c2OCOC3)ccc1Br. The first-order chi connectivity index (χ1) is 12.4. The average molecular weight is 419 g/mol. The lowest BCUT2D eigenvalue weighted by molar-refractivity contribution is -0.385. The topological polar surface area (TPSA) is 90.7 Å². The molecular formula is C18H15BrN2O5. The minimum Gasteiger partial charge on any atom is -0.467 e. The summed E-state index contributed by atoms with van der Waals surface area (Å²) in [6, 6.07) is 8.25. The van der Waals surface area contributed by atoms with E-state index in [2.05, 4.69) is 21.2 Å². The van der Waals surface area contributed by atoms with Crippen molar-refractivity contribution >= 4 is 39.3 Å². The van der Waals surface area contributed by atoms with Crippen LogP contribution in [0.4, 0.5) is 11.4 Å². The number of fused-ring (bicyclic) bond motifs is 1. The van der Waals surface area contributed by atoms with E-state index in [1.54, 1.807) is 6.07 Å². The number of nitrogens with one attached hydrogen (secondary N) is 1. The number of halogens is 1. The molecule has 0 saturated carbocycles. The number of nitro benzene ring substituents is 1. The molecule has 3 rings (SSSR count). The summed E-state index contributed by atoms with van der Waals surface area (Å²) in [5.74, 6) is 0.143. The number of aryl methyl sites for hydroxylation is 1. The summed E-state index contributed by atoms with van der Waals surface area (Å²) >= 11 is 3.40. The third-order valence-corrected chi connectivity index (χ3v) is 4.66. The number of benzene rings is 2. The van der Waals surface area contributed by atoms with Gasteiger partial charge in [-0.25, -0.2) is 0 Å². The van der Waals surface area contributed by atoms with Crippen molar-refractivity contribution in [2.45, 2.75) is 13.5 Å². The lowest BCUT2D eigenvalue weighted by atomic mass is 10.1. The van der Waals surface area contributed by atoms with Crippen molar-refractivity contribution in [2.75, 3.05) is 12.1 Å². The van der Waals surface area contributed by atoms with Crippen molar-refractivity contribution in [2.24, 2.45) is 0 Å². The Morgan fingerprint density at radius 3 is 2.88 bits per heavy atom. The van der Waals surface area contributed by atoms with Crippen LogP contribution in [-0.4, -0.2) is 17.6 Å². The third-order valence-electron chi connectivity index (χ3n) is 3.77. The molecule has 0 radical (unpaired) electrons. The molecule has 1 amide bonds. The highest BCUT2D eigenvalue weighted by Gasteiger charge is 2.19. The fourth-order valence-corrected chi connectivity index (χ4v) is 2.78. The van der Waals surface area contributed by atoms with Crippen molar-refractivity contribution < 1.29 is 19.2 Å². The molecule has 0 unspecified atom stereocenters. The Balaban J connectivity index is 1.82. The summed E-state index contributed by atoms with van der Waals surface area (Å²) in [6.45, 7) is 2.21. The van der Waals surface area contributed by atoms with Crippen LogP contribution in [0, 0.1) is 17.0 Å². The van der Waals surface area contributed by atoms with Crippen LogP contribution in [0.15, 0.2) is 40.9 Å². The maximum Gasteiger partial charge on any atom is 0.270 e. The number of nitrogens with zero attached hydrogens (tertiary/aromatic N) is 1. The van der Waals surface area contributed by atoms with E-state index in [4.69, 9.17) is 9.47 Å². The Morgan fingerprint density at radius 2 is 2.15 bits per heavy atom. The molecule has 8 heteroatoms. The number of rotatable bonds is 4. The fraction of sp³-hybridized carbons (Fsp3) is 0.167. The quantitative estimate of drug-likeness (QED) is 0.456. The van der Waals surface area contributed by atoms with Crippen LogP contribution in [-0.2, 0) is 16.1 Å². The average Bonchev–Trinajstić information content (AvgIpc) is 2.62.